The van der Waals surface area contributed by atoms with Crippen molar-refractivity contribution in [3.63, 3.8) is 0 Å². The van der Waals surface area contributed by atoms with Gasteiger partial charge in [0.05, 0.1) is 0 Å². The predicted molar refractivity (Wildman–Crippen MR) is 60.4 cm³/mol. The molecule has 0 saturated carbocycles. The lowest BCUT2D eigenvalue weighted by Gasteiger charge is -2.02. The summed E-state index contributed by atoms with van der Waals surface area (Å²) in [5.74, 6) is 0.592. The standard InChI is InChI=1S/C11H13O4S/c1-3-15-8-16(13,14)11(12)10-6-4-9(2)5-7-10/h4-8H,3H2,1-2H3. The Hall–Kier alpha value is -1.20. The summed E-state index contributed by atoms with van der Waals surface area (Å²) in [5, 5.41) is -0.944. The minimum atomic E-state index is -3.97. The smallest absolute Gasteiger partial charge is 0.279 e. The fraction of sp³-hybridized carbons (Fsp3) is 0.273. The Balaban J connectivity index is 2.89. The van der Waals surface area contributed by atoms with Crippen molar-refractivity contribution >= 4 is 15.0 Å². The van der Waals surface area contributed by atoms with Gasteiger partial charge in [0.25, 0.3) is 5.12 Å². The van der Waals surface area contributed by atoms with E-state index in [1.54, 1.807) is 19.1 Å². The van der Waals surface area contributed by atoms with Crippen LogP contribution in [0.25, 0.3) is 0 Å². The zero-order valence-corrected chi connectivity index (χ0v) is 9.95. The summed E-state index contributed by atoms with van der Waals surface area (Å²) in [6.45, 7) is 3.71. The molecule has 0 amide bonds. The first kappa shape index (κ1) is 12.9. The van der Waals surface area contributed by atoms with E-state index in [-0.39, 0.29) is 12.2 Å². The molecule has 4 nitrogen and oxygen atoms in total. The molecule has 0 unspecified atom stereocenters. The van der Waals surface area contributed by atoms with Crippen LogP contribution in [-0.2, 0) is 14.6 Å². The van der Waals surface area contributed by atoms with Crippen LogP contribution in [0.3, 0.4) is 0 Å². The first-order valence-corrected chi connectivity index (χ1v) is 6.33. The van der Waals surface area contributed by atoms with Gasteiger partial charge in [0.2, 0.25) is 15.8 Å². The third-order valence-corrected chi connectivity index (χ3v) is 3.05. The number of aryl methyl sites for hydroxylation is 1. The average molecular weight is 241 g/mol. The van der Waals surface area contributed by atoms with E-state index in [9.17, 15) is 13.2 Å². The van der Waals surface area contributed by atoms with E-state index >= 15 is 0 Å². The van der Waals surface area contributed by atoms with Crippen LogP contribution in [0, 0.1) is 12.9 Å². The van der Waals surface area contributed by atoms with Gasteiger partial charge in [-0.1, -0.05) is 29.8 Å². The summed E-state index contributed by atoms with van der Waals surface area (Å²) in [4.78, 5) is 11.6. The molecule has 5 heteroatoms. The van der Waals surface area contributed by atoms with E-state index in [2.05, 4.69) is 4.74 Å². The molecule has 0 aliphatic heterocycles. The topological polar surface area (TPSA) is 60.4 Å². The number of benzene rings is 1. The lowest BCUT2D eigenvalue weighted by Crippen LogP contribution is -2.16. The minimum Gasteiger partial charge on any atom is -0.358 e. The highest BCUT2D eigenvalue weighted by atomic mass is 32.2. The molecule has 0 atom stereocenters. The molecule has 0 aliphatic carbocycles. The Morgan fingerprint density at radius 1 is 1.31 bits per heavy atom. The number of carbonyl (C=O) groups is 1. The molecule has 0 bridgehead atoms. The molecular weight excluding hydrogens is 228 g/mol. The van der Waals surface area contributed by atoms with Gasteiger partial charge < -0.3 is 4.74 Å². The highest BCUT2D eigenvalue weighted by Gasteiger charge is 2.24. The summed E-state index contributed by atoms with van der Waals surface area (Å²) < 4.78 is 27.5. The molecule has 0 aromatic heterocycles. The van der Waals surface area contributed by atoms with Gasteiger partial charge in [0.1, 0.15) is 0 Å². The molecule has 0 heterocycles. The van der Waals surface area contributed by atoms with Crippen LogP contribution in [0.15, 0.2) is 24.3 Å². The minimum absolute atomic E-state index is 0.140. The monoisotopic (exact) mass is 241 g/mol. The second kappa shape index (κ2) is 5.23. The van der Waals surface area contributed by atoms with Crippen LogP contribution in [0.4, 0.5) is 0 Å². The summed E-state index contributed by atoms with van der Waals surface area (Å²) in [6.07, 6.45) is 0. The molecule has 87 valence electrons. The lowest BCUT2D eigenvalue weighted by molar-refractivity contribution is 0.107. The van der Waals surface area contributed by atoms with Gasteiger partial charge >= 0.3 is 0 Å². The Morgan fingerprint density at radius 2 is 1.88 bits per heavy atom. The van der Waals surface area contributed by atoms with Crippen LogP contribution < -0.4 is 0 Å². The average Bonchev–Trinajstić information content (AvgIpc) is 2.26. The molecule has 1 aromatic rings. The van der Waals surface area contributed by atoms with Crippen molar-refractivity contribution in [1.29, 1.82) is 0 Å². The van der Waals surface area contributed by atoms with Crippen molar-refractivity contribution < 1.29 is 17.9 Å². The van der Waals surface area contributed by atoms with E-state index in [0.29, 0.717) is 5.94 Å². The number of hydrogen-bond acceptors (Lipinski definition) is 4. The third kappa shape index (κ3) is 3.15. The van der Waals surface area contributed by atoms with E-state index in [1.807, 2.05) is 6.92 Å². The van der Waals surface area contributed by atoms with Gasteiger partial charge in [-0.2, -0.15) is 0 Å². The fourth-order valence-electron chi connectivity index (χ4n) is 1.06. The molecule has 1 aromatic carbocycles. The lowest BCUT2D eigenvalue weighted by atomic mass is 10.2. The van der Waals surface area contributed by atoms with Crippen molar-refractivity contribution in [3.05, 3.63) is 41.3 Å². The van der Waals surface area contributed by atoms with E-state index in [4.69, 9.17) is 0 Å². The maximum absolute atomic E-state index is 11.6. The second-order valence-corrected chi connectivity index (χ2v) is 4.90. The van der Waals surface area contributed by atoms with Gasteiger partial charge in [0, 0.05) is 12.2 Å². The Morgan fingerprint density at radius 3 is 2.38 bits per heavy atom. The largest absolute Gasteiger partial charge is 0.358 e. The maximum Gasteiger partial charge on any atom is 0.279 e. The SMILES string of the molecule is CCO[CH]S(=O)(=O)C(=O)c1ccc(C)cc1. The number of sulfone groups is 1. The quantitative estimate of drug-likeness (QED) is 0.805. The number of carbonyl (C=O) groups excluding carboxylic acids is 1. The Bertz CT molecular complexity index is 459. The predicted octanol–water partition coefficient (Wildman–Crippen LogP) is 1.71. The Labute approximate surface area is 95.2 Å². The molecule has 0 spiro atoms. The highest BCUT2D eigenvalue weighted by molar-refractivity contribution is 8.08. The number of ether oxygens (including phenoxy) is 1. The van der Waals surface area contributed by atoms with Gasteiger partial charge in [-0.15, -0.1) is 0 Å². The number of hydrogen-bond donors (Lipinski definition) is 0. The van der Waals surface area contributed by atoms with Crippen molar-refractivity contribution in [2.75, 3.05) is 6.61 Å². The van der Waals surface area contributed by atoms with Crippen LogP contribution in [0.2, 0.25) is 0 Å². The van der Waals surface area contributed by atoms with Crippen LogP contribution in [0.5, 0.6) is 0 Å². The molecule has 0 aliphatic rings. The first-order chi connectivity index (χ1) is 7.47. The van der Waals surface area contributed by atoms with Crippen molar-refractivity contribution in [3.8, 4) is 0 Å². The first-order valence-electron chi connectivity index (χ1n) is 4.78. The summed E-state index contributed by atoms with van der Waals surface area (Å²) in [5.41, 5.74) is 1.10. The van der Waals surface area contributed by atoms with Crippen molar-refractivity contribution in [2.45, 2.75) is 13.8 Å². The molecule has 1 radical (unpaired) electrons. The molecule has 0 N–H and O–H groups in total. The molecule has 0 saturated heterocycles. The maximum atomic E-state index is 11.6. The molecular formula is C11H13O4S. The molecule has 0 fully saturated rings. The third-order valence-electron chi connectivity index (χ3n) is 1.91. The van der Waals surface area contributed by atoms with Crippen LogP contribution >= 0.6 is 0 Å². The second-order valence-electron chi connectivity index (χ2n) is 3.25. The Kier molecular flexibility index (Phi) is 4.20. The number of rotatable bonds is 4. The van der Waals surface area contributed by atoms with E-state index < -0.39 is 15.0 Å². The van der Waals surface area contributed by atoms with Gasteiger partial charge in [0.15, 0.2) is 0 Å². The zero-order valence-electron chi connectivity index (χ0n) is 9.14. The van der Waals surface area contributed by atoms with Gasteiger partial charge in [-0.3, -0.25) is 4.79 Å². The normalized spacial score (nSPS) is 11.4. The molecule has 16 heavy (non-hydrogen) atoms. The van der Waals surface area contributed by atoms with Gasteiger partial charge in [-0.25, -0.2) is 8.42 Å². The molecule has 1 rings (SSSR count). The zero-order chi connectivity index (χ0) is 12.2. The fourth-order valence-corrected chi connectivity index (χ4v) is 1.92. The van der Waals surface area contributed by atoms with Crippen LogP contribution in [0.1, 0.15) is 22.8 Å². The van der Waals surface area contributed by atoms with Crippen molar-refractivity contribution in [1.82, 2.24) is 0 Å². The highest BCUT2D eigenvalue weighted by Crippen LogP contribution is 2.10. The van der Waals surface area contributed by atoms with Gasteiger partial charge in [-0.05, 0) is 13.8 Å². The summed E-state index contributed by atoms with van der Waals surface area (Å²) in [6, 6.07) is 6.33. The van der Waals surface area contributed by atoms with Crippen LogP contribution in [-0.4, -0.2) is 20.1 Å². The van der Waals surface area contributed by atoms with E-state index in [1.165, 1.54) is 12.1 Å². The van der Waals surface area contributed by atoms with E-state index in [0.717, 1.165) is 5.56 Å². The summed E-state index contributed by atoms with van der Waals surface area (Å²) >= 11 is 0. The van der Waals surface area contributed by atoms with Crippen molar-refractivity contribution in [2.24, 2.45) is 0 Å². The summed E-state index contributed by atoms with van der Waals surface area (Å²) in [7, 11) is -3.97.